The molecule has 0 bridgehead atoms. The average Bonchev–Trinajstić information content (AvgIpc) is 3.81. The van der Waals surface area contributed by atoms with E-state index in [1.54, 1.807) is 0 Å². The Morgan fingerprint density at radius 2 is 0.672 bits per heavy atom. The second kappa shape index (κ2) is 51.5. The van der Waals surface area contributed by atoms with Crippen molar-refractivity contribution in [3.05, 3.63) is 36.5 Å². The first-order valence-electron chi connectivity index (χ1n) is 29.6. The number of ether oxygens (including phenoxy) is 3. The molecule has 3 heterocycles. The molecule has 410 valence electrons. The third kappa shape index (κ3) is 41.4. The molecule has 0 aromatic heterocycles. The number of hydrogen-bond acceptors (Lipinski definition) is 3. The monoisotopic (exact) mass is 953 g/mol. The minimum Gasteiger partial charge on any atom is -0.376 e. The van der Waals surface area contributed by atoms with Gasteiger partial charge >= 0.3 is 0 Å². The van der Waals surface area contributed by atoms with Crippen molar-refractivity contribution in [2.75, 3.05) is 0 Å². The fourth-order valence-corrected chi connectivity index (χ4v) is 8.23. The van der Waals surface area contributed by atoms with Crippen LogP contribution in [0.3, 0.4) is 0 Å². The average molecular weight is 954 g/mol. The Morgan fingerprint density at radius 1 is 0.358 bits per heavy atom. The molecule has 67 heavy (non-hydrogen) atoms. The van der Waals surface area contributed by atoms with Gasteiger partial charge in [-0.3, -0.25) is 0 Å². The highest BCUT2D eigenvalue weighted by Gasteiger charge is 2.37. The Kier molecular flexibility index (Phi) is 61.6. The molecule has 0 aromatic carbocycles. The van der Waals surface area contributed by atoms with Gasteiger partial charge in [-0.05, 0) is 137 Å². The molecule has 0 spiro atoms. The lowest BCUT2D eigenvalue weighted by atomic mass is 9.76. The van der Waals surface area contributed by atoms with Crippen LogP contribution in [0.2, 0.25) is 0 Å². The van der Waals surface area contributed by atoms with Gasteiger partial charge in [0, 0.05) is 0 Å². The Morgan fingerprint density at radius 3 is 0.776 bits per heavy atom. The highest BCUT2D eigenvalue weighted by Crippen LogP contribution is 2.46. The SMILES string of the molecule is CC.CC.CC.CC.CC.CC.CC.CC1C=CC(C)C1.CC1C=CC(C)C1(C)C.CC1C=CC(C)O1.CC1CCC(C)C1.CC1CCC(C)C1(C)C.CC1CCC(C)O1.CCC1OC1CC. The zero-order chi connectivity index (χ0) is 54.5. The Bertz CT molecular complexity index is 926. The third-order valence-electron chi connectivity index (χ3n) is 14.1. The molecule has 0 radical (unpaired) electrons. The minimum absolute atomic E-state index is 0.343. The molecule has 4 aliphatic carbocycles. The van der Waals surface area contributed by atoms with Crippen LogP contribution in [-0.4, -0.2) is 36.6 Å². The lowest BCUT2D eigenvalue weighted by molar-refractivity contribution is 0.0672. The van der Waals surface area contributed by atoms with Crippen LogP contribution in [0.4, 0.5) is 0 Å². The molecule has 0 N–H and O–H groups in total. The van der Waals surface area contributed by atoms with Crippen molar-refractivity contribution in [1.82, 2.24) is 0 Å². The van der Waals surface area contributed by atoms with Gasteiger partial charge in [0.2, 0.25) is 0 Å². The largest absolute Gasteiger partial charge is 0.376 e. The normalized spacial score (nSPS) is 32.6. The second-order valence-corrected chi connectivity index (χ2v) is 19.9. The Balaban J connectivity index is -0.000000120. The molecule has 3 nitrogen and oxygen atoms in total. The molecule has 2 saturated carbocycles. The first-order chi connectivity index (χ1) is 31.6. The fourth-order valence-electron chi connectivity index (χ4n) is 8.23. The maximum absolute atomic E-state index is 5.36. The summed E-state index contributed by atoms with van der Waals surface area (Å²) in [6, 6.07) is 0. The summed E-state index contributed by atoms with van der Waals surface area (Å²) in [5, 5.41) is 0. The highest BCUT2D eigenvalue weighted by atomic mass is 16.6. The van der Waals surface area contributed by atoms with E-state index in [0.29, 0.717) is 47.5 Å². The van der Waals surface area contributed by atoms with Crippen LogP contribution in [-0.2, 0) is 14.2 Å². The van der Waals surface area contributed by atoms with Crippen LogP contribution in [0.15, 0.2) is 36.5 Å². The molecule has 7 aliphatic rings. The smallest absolute Gasteiger partial charge is 0.0839 e. The number of epoxide rings is 1. The lowest BCUT2D eigenvalue weighted by Crippen LogP contribution is -2.21. The maximum atomic E-state index is 5.36. The van der Waals surface area contributed by atoms with Gasteiger partial charge in [0.05, 0.1) is 36.6 Å². The summed E-state index contributed by atoms with van der Waals surface area (Å²) < 4.78 is 15.8. The summed E-state index contributed by atoms with van der Waals surface area (Å²) in [6.45, 7) is 68.7. The molecule has 4 fully saturated rings. The standard InChI is InChI=1S/C9H18.C9H16.C7H14.C7H12.C6H12O.C6H10O.C6H12O.7C2H6/c2*1-7-5-6-8(2)9(7,3)4;2*1-6-3-4-7(2)5-6;2*1-5-3-4-6(2)7-5;1-3-5-6(4-2)7-5;7*1-2/h7-8H,5-6H2,1-4H3;5-8H,1-4H3;6-7H,3-5H2,1-2H3;3-4,6-7H,5H2,1-2H3;5-6H,3-4H2,1-2H3;3-6H,1-2H3;5-6H,3-4H2,1-2H3;7*1-2H3. The van der Waals surface area contributed by atoms with E-state index in [2.05, 4.69) is 147 Å². The van der Waals surface area contributed by atoms with Crippen LogP contribution < -0.4 is 0 Å². The maximum Gasteiger partial charge on any atom is 0.0839 e. The van der Waals surface area contributed by atoms with Crippen molar-refractivity contribution in [3.8, 4) is 0 Å². The van der Waals surface area contributed by atoms with Crippen molar-refractivity contribution in [3.63, 3.8) is 0 Å². The zero-order valence-corrected chi connectivity index (χ0v) is 52.8. The van der Waals surface area contributed by atoms with Gasteiger partial charge in [0.1, 0.15) is 0 Å². The van der Waals surface area contributed by atoms with Gasteiger partial charge in [-0.1, -0.05) is 243 Å². The molecular weight excluding hydrogens is 817 g/mol. The molecule has 0 aromatic rings. The van der Waals surface area contributed by atoms with Crippen molar-refractivity contribution in [2.45, 2.75) is 322 Å². The molecule has 2 saturated heterocycles. The molecule has 3 aliphatic heterocycles. The van der Waals surface area contributed by atoms with Gasteiger partial charge in [0.15, 0.2) is 0 Å². The van der Waals surface area contributed by atoms with Crippen LogP contribution in [0.25, 0.3) is 0 Å². The van der Waals surface area contributed by atoms with Gasteiger partial charge in [-0.2, -0.15) is 0 Å². The summed E-state index contributed by atoms with van der Waals surface area (Å²) in [5.41, 5.74) is 1.11. The zero-order valence-electron chi connectivity index (χ0n) is 52.8. The van der Waals surface area contributed by atoms with Gasteiger partial charge < -0.3 is 14.2 Å². The summed E-state index contributed by atoms with van der Waals surface area (Å²) in [7, 11) is 0. The Labute approximate surface area is 429 Å². The molecule has 14 atom stereocenters. The predicted molar refractivity (Wildman–Crippen MR) is 314 cm³/mol. The molecule has 3 heteroatoms. The van der Waals surface area contributed by atoms with Gasteiger partial charge in [-0.25, -0.2) is 0 Å². The summed E-state index contributed by atoms with van der Waals surface area (Å²) in [4.78, 5) is 0. The Hall–Kier alpha value is -0.900. The van der Waals surface area contributed by atoms with E-state index in [4.69, 9.17) is 14.2 Å². The van der Waals surface area contributed by atoms with E-state index >= 15 is 0 Å². The lowest BCUT2D eigenvalue weighted by Gasteiger charge is -2.28. The second-order valence-electron chi connectivity index (χ2n) is 19.9. The summed E-state index contributed by atoms with van der Waals surface area (Å²) >= 11 is 0. The van der Waals surface area contributed by atoms with Crippen LogP contribution in [0, 0.1) is 58.2 Å². The quantitative estimate of drug-likeness (QED) is 0.204. The van der Waals surface area contributed by atoms with Crippen molar-refractivity contribution >= 4 is 0 Å². The number of rotatable bonds is 2. The van der Waals surface area contributed by atoms with Gasteiger partial charge in [-0.15, -0.1) is 0 Å². The van der Waals surface area contributed by atoms with Crippen molar-refractivity contribution in [2.24, 2.45) is 58.2 Å². The van der Waals surface area contributed by atoms with E-state index in [1.165, 1.54) is 64.2 Å². The van der Waals surface area contributed by atoms with Gasteiger partial charge in [0.25, 0.3) is 0 Å². The molecule has 0 amide bonds. The first-order valence-corrected chi connectivity index (χ1v) is 29.6. The van der Waals surface area contributed by atoms with E-state index < -0.39 is 0 Å². The molecule has 7 rings (SSSR count). The van der Waals surface area contributed by atoms with Crippen LogP contribution in [0.5, 0.6) is 0 Å². The fraction of sp³-hybridized carbons (Fsp3) is 0.906. The van der Waals surface area contributed by atoms with Crippen molar-refractivity contribution < 1.29 is 14.2 Å². The summed E-state index contributed by atoms with van der Waals surface area (Å²) in [5.74, 6) is 7.12. The third-order valence-corrected chi connectivity index (χ3v) is 14.1. The van der Waals surface area contributed by atoms with E-state index in [1.807, 2.05) is 111 Å². The van der Waals surface area contributed by atoms with Crippen molar-refractivity contribution in [1.29, 1.82) is 0 Å². The van der Waals surface area contributed by atoms with E-state index in [0.717, 1.165) is 47.3 Å². The molecule has 14 unspecified atom stereocenters. The summed E-state index contributed by atoms with van der Waals surface area (Å²) in [6.07, 6.45) is 29.9. The van der Waals surface area contributed by atoms with Crippen LogP contribution >= 0.6 is 0 Å². The highest BCUT2D eigenvalue weighted by molar-refractivity contribution is 5.08. The first kappa shape index (κ1) is 80.2. The predicted octanol–water partition coefficient (Wildman–Crippen LogP) is 22.3. The van der Waals surface area contributed by atoms with E-state index in [9.17, 15) is 0 Å². The number of hydrogen-bond donors (Lipinski definition) is 0. The number of allylic oxidation sites excluding steroid dienone is 4. The topological polar surface area (TPSA) is 31.0 Å². The molecular formula is C64H136O3. The van der Waals surface area contributed by atoms with Crippen LogP contribution in [0.1, 0.15) is 286 Å². The minimum atomic E-state index is 0.343. The van der Waals surface area contributed by atoms with E-state index in [-0.39, 0.29) is 0 Å².